The molecule has 0 aromatic carbocycles. The molecule has 0 aromatic rings. The van der Waals surface area contributed by atoms with Gasteiger partial charge < -0.3 is 16.0 Å². The molecule has 2 aliphatic rings. The maximum Gasteiger partial charge on any atom is 0.239 e. The van der Waals surface area contributed by atoms with Crippen LogP contribution in [0.15, 0.2) is 0 Å². The number of nitrogens with two attached hydrogens (primary N) is 1. The number of carbonyl (C=O) groups excluding carboxylic acids is 2. The van der Waals surface area contributed by atoms with Crippen molar-refractivity contribution in [3.63, 3.8) is 0 Å². The quantitative estimate of drug-likeness (QED) is 0.631. The average Bonchev–Trinajstić information content (AvgIpc) is 3.03. The van der Waals surface area contributed by atoms with E-state index in [1.165, 1.54) is 4.90 Å². The molecule has 5 heteroatoms. The lowest BCUT2D eigenvalue weighted by Gasteiger charge is -2.16. The van der Waals surface area contributed by atoms with Crippen LogP contribution in [0.25, 0.3) is 0 Å². The first-order chi connectivity index (χ1) is 7.08. The highest BCUT2D eigenvalue weighted by atomic mass is 16.2. The van der Waals surface area contributed by atoms with Gasteiger partial charge >= 0.3 is 0 Å². The molecular formula is C10H17N3O2. The Morgan fingerprint density at radius 1 is 1.47 bits per heavy atom. The maximum absolute atomic E-state index is 11.6. The van der Waals surface area contributed by atoms with Gasteiger partial charge in [0.15, 0.2) is 0 Å². The van der Waals surface area contributed by atoms with E-state index >= 15 is 0 Å². The molecule has 15 heavy (non-hydrogen) atoms. The molecule has 0 saturated heterocycles. The van der Waals surface area contributed by atoms with Gasteiger partial charge in [-0.2, -0.15) is 0 Å². The minimum atomic E-state index is -0.0671. The Morgan fingerprint density at radius 2 is 2.07 bits per heavy atom. The number of nitrogens with zero attached hydrogens (tertiary/aromatic N) is 1. The number of amides is 2. The number of hydrogen-bond donors (Lipinski definition) is 2. The summed E-state index contributed by atoms with van der Waals surface area (Å²) in [5.41, 5.74) is 5.58. The van der Waals surface area contributed by atoms with E-state index in [0.29, 0.717) is 6.04 Å². The lowest BCUT2D eigenvalue weighted by atomic mass is 10.3. The summed E-state index contributed by atoms with van der Waals surface area (Å²) in [5, 5.41) is 2.85. The molecule has 0 spiro atoms. The van der Waals surface area contributed by atoms with E-state index in [2.05, 4.69) is 5.32 Å². The fourth-order valence-electron chi connectivity index (χ4n) is 1.58. The maximum atomic E-state index is 11.6. The predicted molar refractivity (Wildman–Crippen MR) is 54.9 cm³/mol. The molecule has 2 unspecified atom stereocenters. The summed E-state index contributed by atoms with van der Waals surface area (Å²) in [6.07, 6.45) is 2.89. The minimum Gasteiger partial charge on any atom is -0.352 e. The van der Waals surface area contributed by atoms with Crippen LogP contribution in [0.3, 0.4) is 0 Å². The normalized spacial score (nSPS) is 28.4. The third-order valence-corrected chi connectivity index (χ3v) is 2.86. The first-order valence-electron chi connectivity index (χ1n) is 5.38. The molecule has 0 radical (unpaired) electrons. The number of rotatable bonds is 4. The summed E-state index contributed by atoms with van der Waals surface area (Å²) in [6, 6.07) is 0.357. The van der Waals surface area contributed by atoms with Crippen LogP contribution in [0.2, 0.25) is 0 Å². The van der Waals surface area contributed by atoms with Crippen LogP contribution in [0, 0.1) is 5.92 Å². The summed E-state index contributed by atoms with van der Waals surface area (Å²) in [6.45, 7) is 0.151. The fourth-order valence-corrected chi connectivity index (χ4v) is 1.58. The molecule has 2 atom stereocenters. The number of likely N-dealkylation sites (N-methyl/N-ethyl adjacent to an activating group) is 1. The van der Waals surface area contributed by atoms with Crippen LogP contribution in [-0.2, 0) is 9.59 Å². The highest BCUT2D eigenvalue weighted by Gasteiger charge is 2.41. The van der Waals surface area contributed by atoms with Crippen molar-refractivity contribution >= 4 is 11.8 Å². The molecule has 2 aliphatic carbocycles. The summed E-state index contributed by atoms with van der Waals surface area (Å²) in [5.74, 6) is -0.125. The minimum absolute atomic E-state index is 0.00597. The molecule has 2 saturated carbocycles. The molecule has 0 aliphatic heterocycles. The number of nitrogens with one attached hydrogen (secondary N) is 1. The topological polar surface area (TPSA) is 75.4 Å². The zero-order valence-electron chi connectivity index (χ0n) is 8.90. The third kappa shape index (κ3) is 2.68. The first-order valence-corrected chi connectivity index (χ1v) is 5.38. The van der Waals surface area contributed by atoms with E-state index < -0.39 is 0 Å². The van der Waals surface area contributed by atoms with Gasteiger partial charge in [0.1, 0.15) is 0 Å². The fraction of sp³-hybridized carbons (Fsp3) is 0.800. The second-order valence-electron chi connectivity index (χ2n) is 4.54. The van der Waals surface area contributed by atoms with Gasteiger partial charge in [-0.1, -0.05) is 0 Å². The van der Waals surface area contributed by atoms with Crippen molar-refractivity contribution in [1.82, 2.24) is 10.2 Å². The van der Waals surface area contributed by atoms with Crippen molar-refractivity contribution in [2.75, 3.05) is 13.6 Å². The van der Waals surface area contributed by atoms with E-state index in [9.17, 15) is 9.59 Å². The highest BCUT2D eigenvalue weighted by molar-refractivity contribution is 5.87. The summed E-state index contributed by atoms with van der Waals surface area (Å²) in [4.78, 5) is 24.5. The zero-order chi connectivity index (χ0) is 11.0. The summed E-state index contributed by atoms with van der Waals surface area (Å²) < 4.78 is 0. The largest absolute Gasteiger partial charge is 0.352 e. The second-order valence-corrected chi connectivity index (χ2v) is 4.54. The van der Waals surface area contributed by atoms with Crippen molar-refractivity contribution < 1.29 is 9.59 Å². The van der Waals surface area contributed by atoms with E-state index in [0.717, 1.165) is 19.3 Å². The molecular weight excluding hydrogens is 194 g/mol. The lowest BCUT2D eigenvalue weighted by molar-refractivity contribution is -0.135. The van der Waals surface area contributed by atoms with Gasteiger partial charge in [0, 0.05) is 19.1 Å². The van der Waals surface area contributed by atoms with E-state index in [4.69, 9.17) is 5.73 Å². The van der Waals surface area contributed by atoms with Crippen molar-refractivity contribution in [1.29, 1.82) is 0 Å². The molecule has 5 nitrogen and oxygen atoms in total. The van der Waals surface area contributed by atoms with Crippen molar-refractivity contribution in [3.8, 4) is 0 Å². The van der Waals surface area contributed by atoms with Crippen LogP contribution >= 0.6 is 0 Å². The summed E-state index contributed by atoms with van der Waals surface area (Å²) >= 11 is 0. The second kappa shape index (κ2) is 3.81. The van der Waals surface area contributed by atoms with Gasteiger partial charge in [0.2, 0.25) is 11.8 Å². The lowest BCUT2D eigenvalue weighted by Crippen LogP contribution is -2.40. The van der Waals surface area contributed by atoms with Crippen molar-refractivity contribution in [3.05, 3.63) is 0 Å². The predicted octanol–water partition coefficient (Wildman–Crippen LogP) is -0.929. The Balaban J connectivity index is 1.72. The SMILES string of the molecule is CN(CC(=O)NC1CC1)C(=O)C1CC1N. The molecule has 0 aromatic heterocycles. The van der Waals surface area contributed by atoms with Gasteiger partial charge in [0.25, 0.3) is 0 Å². The number of hydrogen-bond acceptors (Lipinski definition) is 3. The van der Waals surface area contributed by atoms with Crippen LogP contribution in [-0.4, -0.2) is 42.4 Å². The monoisotopic (exact) mass is 211 g/mol. The Labute approximate surface area is 89.0 Å². The average molecular weight is 211 g/mol. The van der Waals surface area contributed by atoms with Crippen molar-refractivity contribution in [2.45, 2.75) is 31.3 Å². The molecule has 2 rings (SSSR count). The van der Waals surface area contributed by atoms with Crippen LogP contribution in [0.4, 0.5) is 0 Å². The van der Waals surface area contributed by atoms with Gasteiger partial charge in [-0.3, -0.25) is 9.59 Å². The molecule has 2 amide bonds. The zero-order valence-corrected chi connectivity index (χ0v) is 8.90. The van der Waals surface area contributed by atoms with Gasteiger partial charge in [-0.15, -0.1) is 0 Å². The Bertz CT molecular complexity index is 288. The van der Waals surface area contributed by atoms with Crippen LogP contribution in [0.5, 0.6) is 0 Å². The van der Waals surface area contributed by atoms with Crippen molar-refractivity contribution in [2.24, 2.45) is 11.7 Å². The molecule has 0 heterocycles. The molecule has 2 fully saturated rings. The van der Waals surface area contributed by atoms with E-state index in [1.807, 2.05) is 0 Å². The molecule has 0 bridgehead atoms. The highest BCUT2D eigenvalue weighted by Crippen LogP contribution is 2.29. The molecule has 3 N–H and O–H groups in total. The smallest absolute Gasteiger partial charge is 0.239 e. The molecule has 84 valence electrons. The van der Waals surface area contributed by atoms with Gasteiger partial charge in [0.05, 0.1) is 12.5 Å². The van der Waals surface area contributed by atoms with Gasteiger partial charge in [-0.25, -0.2) is 0 Å². The first kappa shape index (κ1) is 10.4. The Morgan fingerprint density at radius 3 is 2.53 bits per heavy atom. The Hall–Kier alpha value is -1.10. The third-order valence-electron chi connectivity index (χ3n) is 2.86. The summed E-state index contributed by atoms with van der Waals surface area (Å²) in [7, 11) is 1.65. The van der Waals surface area contributed by atoms with Crippen LogP contribution in [0.1, 0.15) is 19.3 Å². The Kier molecular flexibility index (Phi) is 2.65. The van der Waals surface area contributed by atoms with Crippen LogP contribution < -0.4 is 11.1 Å². The van der Waals surface area contributed by atoms with E-state index in [1.54, 1.807) is 7.05 Å². The standard InChI is InChI=1S/C10H17N3O2/c1-13(10(15)7-4-8(7)11)5-9(14)12-6-2-3-6/h6-8H,2-5,11H2,1H3,(H,12,14). The number of carbonyl (C=O) groups is 2. The van der Waals surface area contributed by atoms with Gasteiger partial charge in [-0.05, 0) is 19.3 Å². The van der Waals surface area contributed by atoms with E-state index in [-0.39, 0.29) is 30.3 Å².